The van der Waals surface area contributed by atoms with Crippen LogP contribution in [0.4, 0.5) is 11.8 Å². The van der Waals surface area contributed by atoms with Crippen molar-refractivity contribution in [2.75, 3.05) is 11.9 Å². The topological polar surface area (TPSA) is 84.2 Å². The van der Waals surface area contributed by atoms with E-state index < -0.39 is 0 Å². The van der Waals surface area contributed by atoms with Crippen LogP contribution < -0.4 is 5.32 Å². The van der Waals surface area contributed by atoms with Gasteiger partial charge in [-0.1, -0.05) is 6.07 Å². The van der Waals surface area contributed by atoms with Gasteiger partial charge in [0.1, 0.15) is 17.3 Å². The molecule has 32 heavy (non-hydrogen) atoms. The molecule has 0 aromatic carbocycles. The predicted molar refractivity (Wildman–Crippen MR) is 122 cm³/mol. The van der Waals surface area contributed by atoms with E-state index in [1.165, 1.54) is 0 Å². The van der Waals surface area contributed by atoms with Gasteiger partial charge in [0.15, 0.2) is 0 Å². The maximum atomic E-state index is 13.6. The Bertz CT molecular complexity index is 1150. The van der Waals surface area contributed by atoms with Gasteiger partial charge in [0.25, 0.3) is 5.91 Å². The lowest BCUT2D eigenvalue weighted by Gasteiger charge is -2.25. The van der Waals surface area contributed by atoms with Gasteiger partial charge in [0.05, 0.1) is 17.3 Å². The van der Waals surface area contributed by atoms with Crippen molar-refractivity contribution in [2.24, 2.45) is 0 Å². The van der Waals surface area contributed by atoms with Gasteiger partial charge in [0.2, 0.25) is 5.95 Å². The van der Waals surface area contributed by atoms with Crippen LogP contribution in [0.3, 0.4) is 0 Å². The van der Waals surface area contributed by atoms with Crippen molar-refractivity contribution >= 4 is 17.7 Å². The van der Waals surface area contributed by atoms with E-state index >= 15 is 0 Å². The summed E-state index contributed by atoms with van der Waals surface area (Å²) < 4.78 is 5.98. The number of nitrogens with zero attached hydrogens (tertiary/aromatic N) is 4. The van der Waals surface area contributed by atoms with E-state index in [1.807, 2.05) is 49.9 Å². The summed E-state index contributed by atoms with van der Waals surface area (Å²) >= 11 is 0. The van der Waals surface area contributed by atoms with Crippen molar-refractivity contribution in [3.63, 3.8) is 0 Å². The quantitative estimate of drug-likeness (QED) is 0.626. The molecule has 1 amide bonds. The lowest BCUT2D eigenvalue weighted by atomic mass is 9.94. The molecule has 1 saturated heterocycles. The van der Waals surface area contributed by atoms with E-state index in [0.29, 0.717) is 11.8 Å². The van der Waals surface area contributed by atoms with E-state index in [9.17, 15) is 4.79 Å². The molecule has 1 fully saturated rings. The first-order chi connectivity index (χ1) is 15.5. The number of aryl methyl sites for hydroxylation is 4. The van der Waals surface area contributed by atoms with Crippen molar-refractivity contribution in [2.45, 2.75) is 65.3 Å². The number of aromatic nitrogens is 3. The Balaban J connectivity index is 1.41. The number of likely N-dealkylation sites (tertiary alicyclic amines) is 1. The summed E-state index contributed by atoms with van der Waals surface area (Å²) in [7, 11) is 0. The van der Waals surface area contributed by atoms with Gasteiger partial charge >= 0.3 is 0 Å². The minimum atomic E-state index is -0.0436. The molecule has 3 aromatic heterocycles. The van der Waals surface area contributed by atoms with E-state index in [1.54, 1.807) is 0 Å². The number of carbonyl (C=O) groups excluding carboxylic acids is 1. The predicted octanol–water partition coefficient (Wildman–Crippen LogP) is 4.99. The fourth-order valence-corrected chi connectivity index (χ4v) is 5.05. The summed E-state index contributed by atoms with van der Waals surface area (Å²) in [5.74, 6) is 3.05. The molecule has 5 rings (SSSR count). The number of carbonyl (C=O) groups is 1. The number of furan rings is 1. The Hall–Kier alpha value is -3.22. The molecule has 1 aliphatic carbocycles. The van der Waals surface area contributed by atoms with Gasteiger partial charge in [-0.25, -0.2) is 15.0 Å². The zero-order chi connectivity index (χ0) is 22.2. The number of nitrogens with one attached hydrogen (secondary N) is 1. The highest BCUT2D eigenvalue weighted by Gasteiger charge is 2.35. The molecule has 3 aromatic rings. The minimum Gasteiger partial charge on any atom is -0.465 e. The molecule has 2 aliphatic rings. The SMILES string of the molecule is Cc1cc(C)nc(Nc2cccc([C@H]3CCCN3C(=O)c3c(C)oc4c3CCCC4)n2)n1. The Labute approximate surface area is 188 Å². The van der Waals surface area contributed by atoms with E-state index in [-0.39, 0.29) is 11.9 Å². The van der Waals surface area contributed by atoms with Gasteiger partial charge in [-0.2, -0.15) is 0 Å². The summed E-state index contributed by atoms with van der Waals surface area (Å²) in [4.78, 5) is 29.3. The monoisotopic (exact) mass is 431 g/mol. The van der Waals surface area contributed by atoms with Crippen LogP contribution >= 0.6 is 0 Å². The second kappa shape index (κ2) is 8.37. The number of hydrogen-bond donors (Lipinski definition) is 1. The van der Waals surface area contributed by atoms with Crippen molar-refractivity contribution in [1.82, 2.24) is 19.9 Å². The number of hydrogen-bond acceptors (Lipinski definition) is 6. The maximum absolute atomic E-state index is 13.6. The van der Waals surface area contributed by atoms with Crippen LogP contribution in [0.2, 0.25) is 0 Å². The highest BCUT2D eigenvalue weighted by Crippen LogP contribution is 2.36. The molecule has 1 atom stereocenters. The fourth-order valence-electron chi connectivity index (χ4n) is 5.05. The molecule has 0 bridgehead atoms. The number of fused-ring (bicyclic) bond motifs is 1. The molecule has 0 unspecified atom stereocenters. The lowest BCUT2D eigenvalue weighted by molar-refractivity contribution is 0.0730. The average Bonchev–Trinajstić information content (AvgIpc) is 3.37. The third-order valence-corrected chi connectivity index (χ3v) is 6.41. The molecule has 0 saturated carbocycles. The fraction of sp³-hybridized carbons (Fsp3) is 0.440. The van der Waals surface area contributed by atoms with Crippen LogP contribution in [0.5, 0.6) is 0 Å². The highest BCUT2D eigenvalue weighted by atomic mass is 16.3. The summed E-state index contributed by atoms with van der Waals surface area (Å²) in [5.41, 5.74) is 4.61. The summed E-state index contributed by atoms with van der Waals surface area (Å²) in [5, 5.41) is 3.22. The molecule has 166 valence electrons. The van der Waals surface area contributed by atoms with E-state index in [0.717, 1.165) is 84.8 Å². The van der Waals surface area contributed by atoms with E-state index in [2.05, 4.69) is 15.3 Å². The first kappa shape index (κ1) is 20.7. The zero-order valence-electron chi connectivity index (χ0n) is 18.9. The second-order valence-electron chi connectivity index (χ2n) is 8.85. The van der Waals surface area contributed by atoms with Gasteiger partial charge in [0, 0.05) is 29.9 Å². The molecule has 0 spiro atoms. The van der Waals surface area contributed by atoms with Gasteiger partial charge in [-0.15, -0.1) is 0 Å². The number of amides is 1. The third kappa shape index (κ3) is 3.87. The van der Waals surface area contributed by atoms with Gasteiger partial charge in [-0.3, -0.25) is 4.79 Å². The normalized spacial score (nSPS) is 18.0. The molecule has 7 heteroatoms. The Morgan fingerprint density at radius 2 is 1.84 bits per heavy atom. The summed E-state index contributed by atoms with van der Waals surface area (Å²) in [6, 6.07) is 7.77. The largest absolute Gasteiger partial charge is 0.465 e. The third-order valence-electron chi connectivity index (χ3n) is 6.41. The Morgan fingerprint density at radius 3 is 2.66 bits per heavy atom. The van der Waals surface area contributed by atoms with Gasteiger partial charge < -0.3 is 14.6 Å². The van der Waals surface area contributed by atoms with Crippen molar-refractivity contribution in [3.8, 4) is 0 Å². The molecular weight excluding hydrogens is 402 g/mol. The molecular formula is C25H29N5O2. The van der Waals surface area contributed by atoms with Crippen LogP contribution in [0.15, 0.2) is 28.7 Å². The molecule has 7 nitrogen and oxygen atoms in total. The standard InChI is InChI=1S/C25H29N5O2/c1-15-14-16(2)27-25(26-15)29-22-12-6-9-19(28-22)20-10-7-13-30(20)24(31)23-17(3)32-21-11-5-4-8-18(21)23/h6,9,12,14,20H,4-5,7-8,10-11,13H2,1-3H3,(H,26,27,28,29)/t20-/m1/s1. The molecule has 4 heterocycles. The number of anilines is 2. The minimum absolute atomic E-state index is 0.0436. The first-order valence-electron chi connectivity index (χ1n) is 11.5. The zero-order valence-corrected chi connectivity index (χ0v) is 18.9. The van der Waals surface area contributed by atoms with Crippen LogP contribution in [0.1, 0.15) is 76.2 Å². The number of pyridine rings is 1. The van der Waals surface area contributed by atoms with Crippen LogP contribution in [0.25, 0.3) is 0 Å². The van der Waals surface area contributed by atoms with E-state index in [4.69, 9.17) is 9.40 Å². The highest BCUT2D eigenvalue weighted by molar-refractivity contribution is 5.97. The lowest BCUT2D eigenvalue weighted by Crippen LogP contribution is -2.32. The van der Waals surface area contributed by atoms with Crippen LogP contribution in [0, 0.1) is 20.8 Å². The summed E-state index contributed by atoms with van der Waals surface area (Å²) in [6.45, 7) is 6.55. The Morgan fingerprint density at radius 1 is 1.06 bits per heavy atom. The van der Waals surface area contributed by atoms with Crippen LogP contribution in [-0.4, -0.2) is 32.3 Å². The van der Waals surface area contributed by atoms with Crippen molar-refractivity contribution in [3.05, 3.63) is 64.0 Å². The second-order valence-corrected chi connectivity index (χ2v) is 8.85. The Kier molecular flexibility index (Phi) is 5.41. The average molecular weight is 432 g/mol. The maximum Gasteiger partial charge on any atom is 0.258 e. The molecule has 0 radical (unpaired) electrons. The smallest absolute Gasteiger partial charge is 0.258 e. The van der Waals surface area contributed by atoms with Crippen molar-refractivity contribution in [1.29, 1.82) is 0 Å². The first-order valence-corrected chi connectivity index (χ1v) is 11.5. The van der Waals surface area contributed by atoms with Crippen molar-refractivity contribution < 1.29 is 9.21 Å². The molecule has 1 N–H and O–H groups in total. The van der Waals surface area contributed by atoms with Gasteiger partial charge in [-0.05, 0) is 71.1 Å². The molecule has 1 aliphatic heterocycles. The summed E-state index contributed by atoms with van der Waals surface area (Å²) in [6.07, 6.45) is 5.98. The van der Waals surface area contributed by atoms with Crippen LogP contribution in [-0.2, 0) is 12.8 Å². The number of rotatable bonds is 4.